The molecule has 0 aliphatic carbocycles. The average molecular weight is 188 g/mol. The average Bonchev–Trinajstić information content (AvgIpc) is 2.54. The number of carboxylic acid groups (broad SMARTS) is 1. The number of ether oxygens (including phenoxy) is 1. The van der Waals surface area contributed by atoms with E-state index in [-0.39, 0.29) is 19.1 Å². The third-order valence-electron chi connectivity index (χ3n) is 2.61. The highest BCUT2D eigenvalue weighted by molar-refractivity contribution is 5.75. The van der Waals surface area contributed by atoms with Gasteiger partial charge in [-0.15, -0.1) is 0 Å². The minimum Gasteiger partial charge on any atom is -0.481 e. The molecule has 0 amide bonds. The summed E-state index contributed by atoms with van der Waals surface area (Å²) in [5, 5.41) is 17.9. The van der Waals surface area contributed by atoms with E-state index in [1.807, 2.05) is 6.92 Å². The van der Waals surface area contributed by atoms with Crippen molar-refractivity contribution in [2.45, 2.75) is 19.8 Å². The number of aliphatic hydroxyl groups is 1. The van der Waals surface area contributed by atoms with E-state index in [4.69, 9.17) is 14.9 Å². The van der Waals surface area contributed by atoms with Crippen molar-refractivity contribution in [3.63, 3.8) is 0 Å². The fourth-order valence-electron chi connectivity index (χ4n) is 1.76. The number of aliphatic hydroxyl groups excluding tert-OH is 1. The summed E-state index contributed by atoms with van der Waals surface area (Å²) in [4.78, 5) is 11.0. The first kappa shape index (κ1) is 10.5. The van der Waals surface area contributed by atoms with Gasteiger partial charge in [0.2, 0.25) is 0 Å². The zero-order valence-electron chi connectivity index (χ0n) is 7.82. The van der Waals surface area contributed by atoms with Gasteiger partial charge in [-0.3, -0.25) is 4.79 Å². The highest BCUT2D eigenvalue weighted by Gasteiger charge is 2.43. The number of carbonyl (C=O) groups is 1. The maximum absolute atomic E-state index is 11.0. The van der Waals surface area contributed by atoms with Crippen LogP contribution in [0.4, 0.5) is 0 Å². The van der Waals surface area contributed by atoms with Crippen molar-refractivity contribution < 1.29 is 19.7 Å². The summed E-state index contributed by atoms with van der Waals surface area (Å²) in [5.41, 5.74) is -0.748. The number of hydrogen-bond acceptors (Lipinski definition) is 3. The minimum absolute atomic E-state index is 0.0257. The second-order valence-corrected chi connectivity index (χ2v) is 3.88. The Kier molecular flexibility index (Phi) is 3.27. The van der Waals surface area contributed by atoms with E-state index < -0.39 is 11.4 Å². The summed E-state index contributed by atoms with van der Waals surface area (Å²) >= 11 is 0. The van der Waals surface area contributed by atoms with Crippen LogP contribution in [0.15, 0.2) is 0 Å². The molecule has 2 N–H and O–H groups in total. The van der Waals surface area contributed by atoms with E-state index in [2.05, 4.69) is 0 Å². The van der Waals surface area contributed by atoms with Crippen molar-refractivity contribution in [2.75, 3.05) is 19.8 Å². The van der Waals surface area contributed by atoms with Crippen LogP contribution in [0, 0.1) is 11.3 Å². The number of aliphatic carboxylic acids is 1. The molecule has 1 fully saturated rings. The van der Waals surface area contributed by atoms with Crippen molar-refractivity contribution in [3.8, 4) is 0 Å². The summed E-state index contributed by atoms with van der Waals surface area (Å²) in [7, 11) is 0. The zero-order valence-corrected chi connectivity index (χ0v) is 7.82. The number of carboxylic acids is 1. The van der Waals surface area contributed by atoms with Crippen molar-refractivity contribution in [1.29, 1.82) is 0 Å². The van der Waals surface area contributed by atoms with Gasteiger partial charge >= 0.3 is 5.97 Å². The first-order valence-electron chi connectivity index (χ1n) is 4.53. The van der Waals surface area contributed by atoms with E-state index in [0.717, 1.165) is 0 Å². The molecule has 1 rings (SSSR count). The molecule has 0 saturated carbocycles. The van der Waals surface area contributed by atoms with E-state index in [0.29, 0.717) is 19.4 Å². The Morgan fingerprint density at radius 2 is 2.38 bits per heavy atom. The second-order valence-electron chi connectivity index (χ2n) is 3.88. The molecule has 13 heavy (non-hydrogen) atoms. The Morgan fingerprint density at radius 1 is 1.69 bits per heavy atom. The van der Waals surface area contributed by atoms with Gasteiger partial charge in [-0.25, -0.2) is 0 Å². The molecule has 0 spiro atoms. The molecule has 4 heteroatoms. The molecule has 2 unspecified atom stereocenters. The number of rotatable bonds is 4. The molecule has 1 saturated heterocycles. The molecule has 2 atom stereocenters. The molecule has 0 bridgehead atoms. The van der Waals surface area contributed by atoms with Crippen molar-refractivity contribution >= 4 is 5.97 Å². The summed E-state index contributed by atoms with van der Waals surface area (Å²) in [5.74, 6) is -0.775. The van der Waals surface area contributed by atoms with Gasteiger partial charge in [0.1, 0.15) is 0 Å². The molecule has 0 aromatic heterocycles. The molecule has 1 aliphatic rings. The fraction of sp³-hybridized carbons (Fsp3) is 0.889. The summed E-state index contributed by atoms with van der Waals surface area (Å²) < 4.78 is 5.10. The van der Waals surface area contributed by atoms with E-state index in [1.54, 1.807) is 0 Å². The van der Waals surface area contributed by atoms with Crippen molar-refractivity contribution in [3.05, 3.63) is 0 Å². The Labute approximate surface area is 77.5 Å². The van der Waals surface area contributed by atoms with Gasteiger partial charge < -0.3 is 14.9 Å². The van der Waals surface area contributed by atoms with E-state index >= 15 is 0 Å². The van der Waals surface area contributed by atoms with Crippen LogP contribution in [0.3, 0.4) is 0 Å². The van der Waals surface area contributed by atoms with Gasteiger partial charge in [0.05, 0.1) is 12.0 Å². The van der Waals surface area contributed by atoms with Crippen LogP contribution < -0.4 is 0 Å². The standard InChI is InChI=1S/C9H16O4/c1-7(5-10)4-9(8(11)12)2-3-13-6-9/h7,10H,2-6H2,1H3,(H,11,12). The van der Waals surface area contributed by atoms with Crippen LogP contribution in [-0.4, -0.2) is 36.0 Å². The Hall–Kier alpha value is -0.610. The topological polar surface area (TPSA) is 66.8 Å². The lowest BCUT2D eigenvalue weighted by Crippen LogP contribution is -2.34. The Morgan fingerprint density at radius 3 is 2.77 bits per heavy atom. The normalized spacial score (nSPS) is 30.3. The van der Waals surface area contributed by atoms with Gasteiger partial charge in [-0.2, -0.15) is 0 Å². The maximum atomic E-state index is 11.0. The predicted molar refractivity (Wildman–Crippen MR) is 46.4 cm³/mol. The molecule has 1 aliphatic heterocycles. The predicted octanol–water partition coefficient (Wildman–Crippen LogP) is 0.496. The molecule has 1 heterocycles. The monoisotopic (exact) mass is 188 g/mol. The SMILES string of the molecule is CC(CO)CC1(C(=O)O)CCOC1. The fourth-order valence-corrected chi connectivity index (χ4v) is 1.76. The van der Waals surface area contributed by atoms with Crippen LogP contribution in [0.1, 0.15) is 19.8 Å². The van der Waals surface area contributed by atoms with Gasteiger partial charge in [0.25, 0.3) is 0 Å². The highest BCUT2D eigenvalue weighted by atomic mass is 16.5. The van der Waals surface area contributed by atoms with E-state index in [1.165, 1.54) is 0 Å². The summed E-state index contributed by atoms with van der Waals surface area (Å²) in [6.07, 6.45) is 1.06. The molecule has 0 aromatic carbocycles. The van der Waals surface area contributed by atoms with Crippen LogP contribution in [0.2, 0.25) is 0 Å². The largest absolute Gasteiger partial charge is 0.481 e. The molecule has 0 radical (unpaired) electrons. The third kappa shape index (κ3) is 2.19. The van der Waals surface area contributed by atoms with E-state index in [9.17, 15) is 4.79 Å². The lowest BCUT2D eigenvalue weighted by atomic mass is 9.79. The second kappa shape index (κ2) is 4.07. The molecule has 76 valence electrons. The van der Waals surface area contributed by atoms with Crippen molar-refractivity contribution in [2.24, 2.45) is 11.3 Å². The first-order chi connectivity index (χ1) is 6.10. The lowest BCUT2D eigenvalue weighted by Gasteiger charge is -2.24. The third-order valence-corrected chi connectivity index (χ3v) is 2.61. The van der Waals surface area contributed by atoms with Crippen molar-refractivity contribution in [1.82, 2.24) is 0 Å². The molecule has 0 aromatic rings. The summed E-state index contributed by atoms with van der Waals surface area (Å²) in [6, 6.07) is 0. The van der Waals surface area contributed by atoms with Gasteiger partial charge in [0, 0.05) is 13.2 Å². The molecular weight excluding hydrogens is 172 g/mol. The zero-order chi connectivity index (χ0) is 9.90. The van der Waals surface area contributed by atoms with Crippen LogP contribution in [-0.2, 0) is 9.53 Å². The van der Waals surface area contributed by atoms with Crippen LogP contribution in [0.5, 0.6) is 0 Å². The lowest BCUT2D eigenvalue weighted by molar-refractivity contribution is -0.150. The first-order valence-corrected chi connectivity index (χ1v) is 4.53. The van der Waals surface area contributed by atoms with Crippen LogP contribution in [0.25, 0.3) is 0 Å². The Bertz CT molecular complexity index is 184. The molecular formula is C9H16O4. The maximum Gasteiger partial charge on any atom is 0.312 e. The number of hydrogen-bond donors (Lipinski definition) is 2. The van der Waals surface area contributed by atoms with Gasteiger partial charge in [-0.05, 0) is 18.8 Å². The van der Waals surface area contributed by atoms with Gasteiger partial charge in [0.15, 0.2) is 0 Å². The quantitative estimate of drug-likeness (QED) is 0.674. The van der Waals surface area contributed by atoms with Crippen LogP contribution >= 0.6 is 0 Å². The molecule has 4 nitrogen and oxygen atoms in total. The smallest absolute Gasteiger partial charge is 0.312 e. The minimum atomic E-state index is -0.801. The summed E-state index contributed by atoms with van der Waals surface area (Å²) in [6.45, 7) is 2.69. The van der Waals surface area contributed by atoms with Gasteiger partial charge in [-0.1, -0.05) is 6.92 Å². The highest BCUT2D eigenvalue weighted by Crippen LogP contribution is 2.35. The Balaban J connectivity index is 2.62.